The van der Waals surface area contributed by atoms with Gasteiger partial charge in [-0.2, -0.15) is 8.42 Å². The summed E-state index contributed by atoms with van der Waals surface area (Å²) in [7, 11) is -2.49. The van der Waals surface area contributed by atoms with Crippen molar-refractivity contribution in [2.45, 2.75) is 103 Å². The minimum Gasteiger partial charge on any atom is -0.469 e. The number of hydrogen-bond donors (Lipinski definition) is 0. The number of hydrogen-bond acceptors (Lipinski definition) is 8. The Morgan fingerprint density at radius 1 is 1.00 bits per heavy atom. The Bertz CT molecular complexity index is 1220. The van der Waals surface area contributed by atoms with Gasteiger partial charge < -0.3 is 14.2 Å². The molecule has 8 nitrogen and oxygen atoms in total. The second-order valence-electron chi connectivity index (χ2n) is 14.3. The van der Waals surface area contributed by atoms with E-state index in [-0.39, 0.29) is 35.6 Å². The monoisotopic (exact) mass is 604 g/mol. The van der Waals surface area contributed by atoms with E-state index in [9.17, 15) is 13.2 Å². The Hall–Kier alpha value is -1.52. The summed E-state index contributed by atoms with van der Waals surface area (Å²) in [4.78, 5) is 11.9. The van der Waals surface area contributed by atoms with Gasteiger partial charge in [-0.15, -0.1) is 0 Å². The molecule has 0 bridgehead atoms. The van der Waals surface area contributed by atoms with Crippen LogP contribution in [0.25, 0.3) is 0 Å². The van der Waals surface area contributed by atoms with Crippen molar-refractivity contribution in [3.63, 3.8) is 0 Å². The van der Waals surface area contributed by atoms with E-state index in [4.69, 9.17) is 22.6 Å². The Kier molecular flexibility index (Phi) is 8.55. The first-order valence-electron chi connectivity index (χ1n) is 16.0. The van der Waals surface area contributed by atoms with Gasteiger partial charge in [0.05, 0.1) is 19.8 Å². The molecular formula is C33H48O8S. The highest BCUT2D eigenvalue weighted by Crippen LogP contribution is 2.69. The topological polar surface area (TPSA) is 97.4 Å². The molecular weight excluding hydrogens is 556 g/mol. The molecule has 1 heterocycles. The van der Waals surface area contributed by atoms with Crippen LogP contribution in [0.3, 0.4) is 0 Å². The lowest BCUT2D eigenvalue weighted by Crippen LogP contribution is -2.62. The predicted octanol–water partition coefficient (Wildman–Crippen LogP) is 6.04. The summed E-state index contributed by atoms with van der Waals surface area (Å²) in [5.41, 5.74) is 1.26. The third kappa shape index (κ3) is 5.46. The first kappa shape index (κ1) is 30.5. The number of carbonyl (C=O) groups is 1. The predicted molar refractivity (Wildman–Crippen MR) is 156 cm³/mol. The third-order valence-electron chi connectivity index (χ3n) is 12.4. The van der Waals surface area contributed by atoms with Gasteiger partial charge in [-0.05, 0) is 103 Å². The van der Waals surface area contributed by atoms with E-state index in [0.29, 0.717) is 49.0 Å². The van der Waals surface area contributed by atoms with E-state index in [2.05, 4.69) is 32.9 Å². The summed E-state index contributed by atoms with van der Waals surface area (Å²) < 4.78 is 53.4. The first-order valence-corrected chi connectivity index (χ1v) is 17.3. The number of fused-ring (bicyclic) bond motifs is 7. The second-order valence-corrected chi connectivity index (χ2v) is 15.5. The summed E-state index contributed by atoms with van der Waals surface area (Å²) in [5, 5.41) is 0. The van der Waals surface area contributed by atoms with Crippen molar-refractivity contribution >= 4 is 16.4 Å². The van der Waals surface area contributed by atoms with E-state index in [1.807, 2.05) is 18.2 Å². The minimum atomic E-state index is -3.96. The molecule has 234 valence electrons. The summed E-state index contributed by atoms with van der Waals surface area (Å²) in [5.74, 6) is 2.23. The molecule has 1 saturated heterocycles. The number of rotatable bonds is 9. The highest BCUT2D eigenvalue weighted by molar-refractivity contribution is 7.82. The SMILES string of the molecule is COC(=O)CC[C@@H](C)[C@H]1CC[C@H]2[C@@H]3[C@H](OCOCc4ccccc4)C[C@@H]4[C@H]5OS(=O)(=O)O[C@H]5CC[C@]4(C)[C@H]3CC[C@]12C. The summed E-state index contributed by atoms with van der Waals surface area (Å²) in [6, 6.07) is 10.1. The van der Waals surface area contributed by atoms with Crippen molar-refractivity contribution in [2.75, 3.05) is 13.9 Å². The third-order valence-corrected chi connectivity index (χ3v) is 13.4. The molecule has 4 saturated carbocycles. The number of ether oxygens (including phenoxy) is 3. The average molecular weight is 605 g/mol. The number of esters is 1. The fraction of sp³-hybridized carbons (Fsp3) is 0.788. The van der Waals surface area contributed by atoms with Crippen molar-refractivity contribution in [3.05, 3.63) is 35.9 Å². The average Bonchev–Trinajstić information content (AvgIpc) is 3.49. The van der Waals surface area contributed by atoms with Gasteiger partial charge in [0.1, 0.15) is 19.0 Å². The van der Waals surface area contributed by atoms with Gasteiger partial charge in [-0.3, -0.25) is 4.79 Å². The van der Waals surface area contributed by atoms with Crippen LogP contribution in [0.4, 0.5) is 0 Å². The van der Waals surface area contributed by atoms with Gasteiger partial charge >= 0.3 is 16.4 Å². The molecule has 4 aliphatic carbocycles. The molecule has 11 atom stereocenters. The number of methoxy groups -OCH3 is 1. The van der Waals surface area contributed by atoms with Crippen molar-refractivity contribution in [1.82, 2.24) is 0 Å². The molecule has 0 amide bonds. The highest BCUT2D eigenvalue weighted by atomic mass is 32.3. The van der Waals surface area contributed by atoms with E-state index in [1.165, 1.54) is 13.5 Å². The van der Waals surface area contributed by atoms with E-state index < -0.39 is 22.6 Å². The molecule has 0 aromatic heterocycles. The molecule has 9 heteroatoms. The molecule has 1 aromatic rings. The van der Waals surface area contributed by atoms with E-state index in [1.54, 1.807) is 0 Å². The first-order chi connectivity index (χ1) is 20.1. The van der Waals surface area contributed by atoms with Crippen LogP contribution in [0.5, 0.6) is 0 Å². The summed E-state index contributed by atoms with van der Waals surface area (Å²) in [6.07, 6.45) is 7.42. The van der Waals surface area contributed by atoms with Crippen molar-refractivity contribution in [3.8, 4) is 0 Å². The van der Waals surface area contributed by atoms with Gasteiger partial charge in [0.25, 0.3) is 0 Å². The van der Waals surface area contributed by atoms with Gasteiger partial charge in [-0.1, -0.05) is 51.1 Å². The zero-order valence-corrected chi connectivity index (χ0v) is 26.4. The van der Waals surface area contributed by atoms with Gasteiger partial charge in [0, 0.05) is 6.42 Å². The van der Waals surface area contributed by atoms with Crippen molar-refractivity contribution < 1.29 is 35.8 Å². The lowest BCUT2D eigenvalue weighted by atomic mass is 9.43. The van der Waals surface area contributed by atoms with E-state index in [0.717, 1.165) is 44.1 Å². The van der Waals surface area contributed by atoms with Gasteiger partial charge in [0.2, 0.25) is 0 Å². The number of benzene rings is 1. The van der Waals surface area contributed by atoms with Crippen LogP contribution in [0.2, 0.25) is 0 Å². The standard InChI is InChI=1S/C33H48O8S/c1-21(10-13-29(34)37-4)23-11-12-24-30-25(14-16-32(23,24)2)33(3)17-15-27-31(41-42(35,36)40-27)26(33)18-28(30)39-20-38-19-22-8-6-5-7-9-22/h5-9,21,23-28,30-31H,10-20H2,1-4H3/t21-,23-,24+,25+,26-,27+,28-,30+,31-,32-,33-/m1/s1. The van der Waals surface area contributed by atoms with Crippen molar-refractivity contribution in [1.29, 1.82) is 0 Å². The lowest BCUT2D eigenvalue weighted by Gasteiger charge is -2.63. The molecule has 0 unspecified atom stereocenters. The molecule has 1 aliphatic heterocycles. The lowest BCUT2D eigenvalue weighted by molar-refractivity contribution is -0.222. The highest BCUT2D eigenvalue weighted by Gasteiger charge is 2.66. The van der Waals surface area contributed by atoms with Crippen LogP contribution < -0.4 is 0 Å². The quantitative estimate of drug-likeness (QED) is 0.191. The second kappa shape index (κ2) is 11.8. The number of carbonyl (C=O) groups excluding carboxylic acids is 1. The van der Waals surface area contributed by atoms with E-state index >= 15 is 0 Å². The Balaban J connectivity index is 1.24. The summed E-state index contributed by atoms with van der Waals surface area (Å²) in [6.45, 7) is 7.89. The van der Waals surface area contributed by atoms with Gasteiger partial charge in [-0.25, -0.2) is 8.37 Å². The van der Waals surface area contributed by atoms with Crippen LogP contribution in [-0.4, -0.2) is 46.6 Å². The zero-order valence-electron chi connectivity index (χ0n) is 25.5. The Morgan fingerprint density at radius 3 is 2.50 bits per heavy atom. The molecule has 1 aromatic carbocycles. The zero-order chi connectivity index (χ0) is 29.7. The van der Waals surface area contributed by atoms with Gasteiger partial charge in [0.15, 0.2) is 0 Å². The molecule has 0 N–H and O–H groups in total. The normalized spacial score (nSPS) is 42.6. The Morgan fingerprint density at radius 2 is 1.74 bits per heavy atom. The molecule has 0 spiro atoms. The fourth-order valence-corrected chi connectivity index (χ4v) is 11.5. The minimum absolute atomic E-state index is 0.0320. The summed E-state index contributed by atoms with van der Waals surface area (Å²) >= 11 is 0. The smallest absolute Gasteiger partial charge is 0.400 e. The van der Waals surface area contributed by atoms with Crippen LogP contribution in [0.15, 0.2) is 30.3 Å². The van der Waals surface area contributed by atoms with Crippen LogP contribution >= 0.6 is 0 Å². The fourth-order valence-electron chi connectivity index (χ4n) is 10.4. The molecule has 5 aliphatic rings. The molecule has 0 radical (unpaired) electrons. The molecule has 42 heavy (non-hydrogen) atoms. The Labute approximate surface area is 251 Å². The molecule has 5 fully saturated rings. The van der Waals surface area contributed by atoms with Crippen molar-refractivity contribution in [2.24, 2.45) is 46.3 Å². The maximum absolute atomic E-state index is 12.4. The van der Waals surface area contributed by atoms with Crippen LogP contribution in [0, 0.1) is 46.3 Å². The largest absolute Gasteiger partial charge is 0.469 e. The molecule has 6 rings (SSSR count). The van der Waals surface area contributed by atoms with Crippen LogP contribution in [-0.2, 0) is 44.4 Å². The van der Waals surface area contributed by atoms with Crippen LogP contribution in [0.1, 0.15) is 84.1 Å². The maximum atomic E-state index is 12.4. The maximum Gasteiger partial charge on any atom is 0.400 e.